The van der Waals surface area contributed by atoms with Gasteiger partial charge in [0.15, 0.2) is 5.82 Å². The highest BCUT2D eigenvalue weighted by atomic mass is 32.1. The van der Waals surface area contributed by atoms with Gasteiger partial charge in [0.25, 0.3) is 0 Å². The van der Waals surface area contributed by atoms with Crippen molar-refractivity contribution in [3.8, 4) is 17.1 Å². The van der Waals surface area contributed by atoms with E-state index in [9.17, 15) is 0 Å². The molecule has 20 heavy (non-hydrogen) atoms. The Labute approximate surface area is 125 Å². The molecule has 0 radical (unpaired) electrons. The Balaban J connectivity index is 1.63. The average molecular weight is 303 g/mol. The first-order valence-electron chi connectivity index (χ1n) is 6.08. The van der Waals surface area contributed by atoms with Crippen LogP contribution in [0.2, 0.25) is 0 Å². The van der Waals surface area contributed by atoms with Gasteiger partial charge in [-0.3, -0.25) is 0 Å². The van der Waals surface area contributed by atoms with Crippen molar-refractivity contribution in [3.05, 3.63) is 46.7 Å². The van der Waals surface area contributed by atoms with Gasteiger partial charge in [0.1, 0.15) is 5.75 Å². The van der Waals surface area contributed by atoms with Crippen LogP contribution < -0.4 is 10.1 Å². The molecule has 0 saturated carbocycles. The first-order valence-corrected chi connectivity index (χ1v) is 7.80. The highest BCUT2D eigenvalue weighted by molar-refractivity contribution is 7.10. The van der Waals surface area contributed by atoms with Crippen LogP contribution in [0.25, 0.3) is 11.4 Å². The number of ether oxygens (including phenoxy) is 1. The maximum absolute atomic E-state index is 5.14. The Bertz CT molecular complexity index is 662. The number of nitrogens with one attached hydrogen (secondary N) is 1. The van der Waals surface area contributed by atoms with Crippen molar-refractivity contribution < 1.29 is 4.74 Å². The number of thiophene rings is 1. The fourth-order valence-corrected chi connectivity index (χ4v) is 2.94. The summed E-state index contributed by atoms with van der Waals surface area (Å²) in [6.07, 6.45) is 0. The van der Waals surface area contributed by atoms with Gasteiger partial charge in [0.05, 0.1) is 7.11 Å². The smallest absolute Gasteiger partial charge is 0.203 e. The number of anilines is 1. The standard InChI is InChI=1S/C14H13N3OS2/c1-18-12-4-2-10(3-5-12)8-15-14-16-13(17-20-14)11-6-7-19-9-11/h2-7,9H,8H2,1H3,(H,15,16,17). The minimum absolute atomic E-state index is 0.724. The number of nitrogens with zero attached hydrogens (tertiary/aromatic N) is 2. The summed E-state index contributed by atoms with van der Waals surface area (Å²) in [7, 11) is 1.67. The van der Waals surface area contributed by atoms with Crippen LogP contribution in [0.4, 0.5) is 5.13 Å². The molecule has 1 aromatic carbocycles. The fraction of sp³-hybridized carbons (Fsp3) is 0.143. The molecule has 102 valence electrons. The van der Waals surface area contributed by atoms with E-state index in [-0.39, 0.29) is 0 Å². The molecule has 0 bridgehead atoms. The van der Waals surface area contributed by atoms with Crippen LogP contribution in [0.3, 0.4) is 0 Å². The minimum Gasteiger partial charge on any atom is -0.497 e. The third-order valence-corrected chi connectivity index (χ3v) is 4.16. The maximum atomic E-state index is 5.14. The first-order chi connectivity index (χ1) is 9.85. The van der Waals surface area contributed by atoms with E-state index in [2.05, 4.69) is 20.1 Å². The molecule has 0 atom stereocenters. The highest BCUT2D eigenvalue weighted by Gasteiger charge is 2.06. The predicted octanol–water partition coefficient (Wildman–Crippen LogP) is 3.89. The molecule has 2 aromatic heterocycles. The summed E-state index contributed by atoms with van der Waals surface area (Å²) in [5.41, 5.74) is 2.25. The second-order valence-corrected chi connectivity index (χ2v) is 5.67. The molecule has 2 heterocycles. The number of methoxy groups -OCH3 is 1. The minimum atomic E-state index is 0.724. The van der Waals surface area contributed by atoms with Crippen LogP contribution >= 0.6 is 22.9 Å². The van der Waals surface area contributed by atoms with Crippen LogP contribution in [0.1, 0.15) is 5.56 Å². The second-order valence-electron chi connectivity index (χ2n) is 4.14. The van der Waals surface area contributed by atoms with Gasteiger partial charge in [-0.1, -0.05) is 12.1 Å². The van der Waals surface area contributed by atoms with Crippen molar-refractivity contribution in [1.82, 2.24) is 9.36 Å². The second kappa shape index (κ2) is 6.02. The predicted molar refractivity (Wildman–Crippen MR) is 83.5 cm³/mol. The Morgan fingerprint density at radius 3 is 2.75 bits per heavy atom. The van der Waals surface area contributed by atoms with E-state index in [0.717, 1.165) is 28.8 Å². The molecule has 0 fully saturated rings. The third-order valence-electron chi connectivity index (χ3n) is 2.81. The molecule has 0 aliphatic rings. The summed E-state index contributed by atoms with van der Waals surface area (Å²) in [4.78, 5) is 4.48. The number of hydrogen-bond donors (Lipinski definition) is 1. The molecule has 0 amide bonds. The highest BCUT2D eigenvalue weighted by Crippen LogP contribution is 2.23. The lowest BCUT2D eigenvalue weighted by molar-refractivity contribution is 0.414. The molecule has 3 rings (SSSR count). The van der Waals surface area contributed by atoms with E-state index in [4.69, 9.17) is 4.74 Å². The molecule has 0 aliphatic heterocycles. The zero-order valence-corrected chi connectivity index (χ0v) is 12.5. The van der Waals surface area contributed by atoms with Gasteiger partial charge < -0.3 is 10.1 Å². The van der Waals surface area contributed by atoms with Gasteiger partial charge in [-0.05, 0) is 29.1 Å². The number of rotatable bonds is 5. The van der Waals surface area contributed by atoms with Crippen molar-refractivity contribution in [1.29, 1.82) is 0 Å². The Morgan fingerprint density at radius 2 is 2.05 bits per heavy atom. The van der Waals surface area contributed by atoms with Crippen LogP contribution in [-0.2, 0) is 6.54 Å². The summed E-state index contributed by atoms with van der Waals surface area (Å²) in [5.74, 6) is 1.65. The Kier molecular flexibility index (Phi) is 3.94. The van der Waals surface area contributed by atoms with Crippen molar-refractivity contribution in [2.45, 2.75) is 6.54 Å². The summed E-state index contributed by atoms with van der Waals surface area (Å²) in [5, 5.41) is 8.20. The van der Waals surface area contributed by atoms with Crippen molar-refractivity contribution in [2.24, 2.45) is 0 Å². The lowest BCUT2D eigenvalue weighted by Crippen LogP contribution is -1.98. The molecule has 0 aliphatic carbocycles. The van der Waals surface area contributed by atoms with E-state index >= 15 is 0 Å². The van der Waals surface area contributed by atoms with E-state index in [0.29, 0.717) is 0 Å². The molecule has 0 unspecified atom stereocenters. The largest absolute Gasteiger partial charge is 0.497 e. The summed E-state index contributed by atoms with van der Waals surface area (Å²) >= 11 is 3.03. The van der Waals surface area contributed by atoms with Crippen molar-refractivity contribution >= 4 is 28.0 Å². The van der Waals surface area contributed by atoms with Crippen molar-refractivity contribution in [2.75, 3.05) is 12.4 Å². The van der Waals surface area contributed by atoms with Crippen LogP contribution in [0.5, 0.6) is 5.75 Å². The van der Waals surface area contributed by atoms with Gasteiger partial charge in [-0.2, -0.15) is 20.7 Å². The number of benzene rings is 1. The van der Waals surface area contributed by atoms with E-state index < -0.39 is 0 Å². The van der Waals surface area contributed by atoms with Gasteiger partial charge in [0, 0.05) is 29.0 Å². The lowest BCUT2D eigenvalue weighted by atomic mass is 10.2. The molecule has 4 nitrogen and oxygen atoms in total. The van der Waals surface area contributed by atoms with Gasteiger partial charge in [-0.25, -0.2) is 0 Å². The first kappa shape index (κ1) is 13.1. The lowest BCUT2D eigenvalue weighted by Gasteiger charge is -2.03. The average Bonchev–Trinajstić information content (AvgIpc) is 3.16. The van der Waals surface area contributed by atoms with Crippen LogP contribution in [0.15, 0.2) is 41.1 Å². The molecular formula is C14H13N3OS2. The monoisotopic (exact) mass is 303 g/mol. The molecule has 0 spiro atoms. The molecule has 3 aromatic rings. The topological polar surface area (TPSA) is 47.0 Å². The zero-order chi connectivity index (χ0) is 13.8. The number of aromatic nitrogens is 2. The molecule has 1 N–H and O–H groups in total. The number of hydrogen-bond acceptors (Lipinski definition) is 6. The van der Waals surface area contributed by atoms with Crippen LogP contribution in [0, 0.1) is 0 Å². The third kappa shape index (κ3) is 2.97. The van der Waals surface area contributed by atoms with Crippen molar-refractivity contribution in [3.63, 3.8) is 0 Å². The molecular weight excluding hydrogens is 290 g/mol. The fourth-order valence-electron chi connectivity index (χ4n) is 1.73. The van der Waals surface area contributed by atoms with E-state index in [1.807, 2.05) is 35.7 Å². The van der Waals surface area contributed by atoms with Gasteiger partial charge in [0.2, 0.25) is 5.13 Å². The quantitative estimate of drug-likeness (QED) is 0.777. The van der Waals surface area contributed by atoms with Gasteiger partial charge >= 0.3 is 0 Å². The van der Waals surface area contributed by atoms with E-state index in [1.54, 1.807) is 18.4 Å². The molecule has 0 saturated heterocycles. The van der Waals surface area contributed by atoms with E-state index in [1.165, 1.54) is 17.1 Å². The molecule has 6 heteroatoms. The Morgan fingerprint density at radius 1 is 1.20 bits per heavy atom. The van der Waals surface area contributed by atoms with Gasteiger partial charge in [-0.15, -0.1) is 0 Å². The SMILES string of the molecule is COc1ccc(CNc2nc(-c3ccsc3)ns2)cc1. The normalized spacial score (nSPS) is 10.4. The summed E-state index contributed by atoms with van der Waals surface area (Å²) in [6.45, 7) is 0.724. The zero-order valence-electron chi connectivity index (χ0n) is 10.9. The summed E-state index contributed by atoms with van der Waals surface area (Å²) in [6, 6.07) is 10.0. The summed E-state index contributed by atoms with van der Waals surface area (Å²) < 4.78 is 9.49. The van der Waals surface area contributed by atoms with Crippen LogP contribution in [-0.4, -0.2) is 16.5 Å². The Hall–Kier alpha value is -1.92. The maximum Gasteiger partial charge on any atom is 0.203 e.